The van der Waals surface area contributed by atoms with Crippen LogP contribution in [-0.2, 0) is 4.79 Å². The molecule has 0 aliphatic rings. The number of anilines is 2. The fourth-order valence-corrected chi connectivity index (χ4v) is 1.08. The Morgan fingerprint density at radius 2 is 2.25 bits per heavy atom. The number of aromatic nitrogens is 2. The molecule has 0 radical (unpaired) electrons. The third kappa shape index (κ3) is 2.50. The van der Waals surface area contributed by atoms with E-state index in [-0.39, 0.29) is 17.5 Å². The van der Waals surface area contributed by atoms with Gasteiger partial charge in [-0.1, -0.05) is 0 Å². The van der Waals surface area contributed by atoms with Gasteiger partial charge >= 0.3 is 5.97 Å². The molecule has 0 saturated carbocycles. The van der Waals surface area contributed by atoms with Gasteiger partial charge < -0.3 is 21.1 Å². The van der Waals surface area contributed by atoms with Gasteiger partial charge in [0.15, 0.2) is 5.82 Å². The Bertz CT molecular complexity index is 443. The number of rotatable bonds is 4. The Morgan fingerprint density at radius 3 is 2.81 bits per heavy atom. The molecule has 0 saturated heterocycles. The highest BCUT2D eigenvalue weighted by Crippen LogP contribution is 2.13. The van der Waals surface area contributed by atoms with Gasteiger partial charge in [0.25, 0.3) is 5.56 Å². The molecule has 88 valence electrons. The maximum Gasteiger partial charge on any atom is 0.308 e. The second-order valence-corrected chi connectivity index (χ2v) is 3.55. The lowest BCUT2D eigenvalue weighted by Gasteiger charge is -2.18. The molecule has 7 heteroatoms. The summed E-state index contributed by atoms with van der Waals surface area (Å²) < 4.78 is 0. The van der Waals surface area contributed by atoms with E-state index in [1.165, 1.54) is 6.33 Å². The number of carbonyl (C=O) groups is 1. The fourth-order valence-electron chi connectivity index (χ4n) is 1.08. The lowest BCUT2D eigenvalue weighted by molar-refractivity contribution is -0.141. The predicted octanol–water partition coefficient (Wildman–Crippen LogP) is -0.127. The number of nitrogens with two attached hydrogens (primary N) is 1. The number of nitrogens with one attached hydrogen (secondary N) is 2. The molecular formula is C9H14N4O3. The minimum Gasteiger partial charge on any atom is -0.481 e. The third-order valence-corrected chi connectivity index (χ3v) is 2.39. The van der Waals surface area contributed by atoms with Crippen molar-refractivity contribution in [2.75, 3.05) is 11.1 Å². The zero-order valence-corrected chi connectivity index (χ0v) is 9.02. The Hall–Kier alpha value is -2.05. The number of H-pyrrole nitrogens is 1. The average molecular weight is 226 g/mol. The number of hydrogen-bond acceptors (Lipinski definition) is 5. The van der Waals surface area contributed by atoms with Crippen molar-refractivity contribution in [1.82, 2.24) is 9.97 Å². The maximum absolute atomic E-state index is 11.1. The van der Waals surface area contributed by atoms with E-state index < -0.39 is 17.4 Å². The molecule has 1 heterocycles. The first-order valence-corrected chi connectivity index (χ1v) is 4.76. The second-order valence-electron chi connectivity index (χ2n) is 3.55. The first-order valence-electron chi connectivity index (χ1n) is 4.76. The monoisotopic (exact) mass is 226 g/mol. The molecule has 1 rings (SSSR count). The van der Waals surface area contributed by atoms with E-state index >= 15 is 0 Å². The number of nitrogens with zero attached hydrogens (tertiary/aromatic N) is 1. The van der Waals surface area contributed by atoms with E-state index in [1.807, 2.05) is 0 Å². The molecule has 2 unspecified atom stereocenters. The van der Waals surface area contributed by atoms with E-state index in [4.69, 9.17) is 10.8 Å². The van der Waals surface area contributed by atoms with Crippen molar-refractivity contribution in [3.63, 3.8) is 0 Å². The summed E-state index contributed by atoms with van der Waals surface area (Å²) in [4.78, 5) is 28.0. The minimum absolute atomic E-state index is 0.0491. The molecule has 0 amide bonds. The molecule has 0 spiro atoms. The summed E-state index contributed by atoms with van der Waals surface area (Å²) in [6.07, 6.45) is 1.21. The van der Waals surface area contributed by atoms with Crippen LogP contribution in [0.1, 0.15) is 13.8 Å². The van der Waals surface area contributed by atoms with Gasteiger partial charge in [-0.3, -0.25) is 9.59 Å². The zero-order chi connectivity index (χ0) is 12.3. The molecule has 1 aromatic heterocycles. The maximum atomic E-state index is 11.1. The fraction of sp³-hybridized carbons (Fsp3) is 0.444. The largest absolute Gasteiger partial charge is 0.481 e. The van der Waals surface area contributed by atoms with Crippen molar-refractivity contribution in [3.05, 3.63) is 16.7 Å². The molecule has 0 bridgehead atoms. The lowest BCUT2D eigenvalue weighted by atomic mass is 10.0. The topological polar surface area (TPSA) is 121 Å². The molecule has 2 atom stereocenters. The summed E-state index contributed by atoms with van der Waals surface area (Å²) in [6, 6.07) is -0.380. The third-order valence-electron chi connectivity index (χ3n) is 2.39. The van der Waals surface area contributed by atoms with Crippen LogP contribution in [0.25, 0.3) is 0 Å². The standard InChI is InChI=1S/C9H14N4O3/c1-4(9(15)16)5(2)13-7-6(10)8(14)12-3-11-7/h3-5H,10H2,1-2H3,(H,15,16)(H2,11,12,13,14). The van der Waals surface area contributed by atoms with Gasteiger partial charge in [-0.25, -0.2) is 4.98 Å². The van der Waals surface area contributed by atoms with Crippen molar-refractivity contribution in [2.45, 2.75) is 19.9 Å². The summed E-state index contributed by atoms with van der Waals surface area (Å²) in [6.45, 7) is 3.24. The Morgan fingerprint density at radius 1 is 1.62 bits per heavy atom. The molecule has 0 aliphatic heterocycles. The molecule has 16 heavy (non-hydrogen) atoms. The molecule has 0 aliphatic carbocycles. The van der Waals surface area contributed by atoms with Gasteiger partial charge in [-0.2, -0.15) is 0 Å². The van der Waals surface area contributed by atoms with Gasteiger partial charge in [0.05, 0.1) is 12.2 Å². The predicted molar refractivity (Wildman–Crippen MR) is 59.2 cm³/mol. The van der Waals surface area contributed by atoms with Crippen molar-refractivity contribution in [3.8, 4) is 0 Å². The molecule has 1 aromatic rings. The molecule has 5 N–H and O–H groups in total. The van der Waals surface area contributed by atoms with Crippen molar-refractivity contribution >= 4 is 17.5 Å². The number of carboxylic acid groups (broad SMARTS) is 1. The number of nitrogen functional groups attached to an aromatic ring is 1. The number of carboxylic acids is 1. The van der Waals surface area contributed by atoms with Crippen molar-refractivity contribution in [1.29, 1.82) is 0 Å². The van der Waals surface area contributed by atoms with Gasteiger partial charge in [-0.15, -0.1) is 0 Å². The summed E-state index contributed by atoms with van der Waals surface area (Å²) in [7, 11) is 0. The van der Waals surface area contributed by atoms with E-state index in [9.17, 15) is 9.59 Å². The van der Waals surface area contributed by atoms with Crippen LogP contribution in [0.15, 0.2) is 11.1 Å². The van der Waals surface area contributed by atoms with Crippen LogP contribution in [0.2, 0.25) is 0 Å². The Labute approximate surface area is 91.7 Å². The SMILES string of the molecule is CC(Nc1nc[nH]c(=O)c1N)C(C)C(=O)O. The first kappa shape index (κ1) is 12.0. The normalized spacial score (nSPS) is 14.1. The van der Waals surface area contributed by atoms with E-state index in [1.54, 1.807) is 13.8 Å². The van der Waals surface area contributed by atoms with Crippen LogP contribution < -0.4 is 16.6 Å². The Kier molecular flexibility index (Phi) is 3.49. The lowest BCUT2D eigenvalue weighted by Crippen LogP contribution is -2.31. The average Bonchev–Trinajstić information content (AvgIpc) is 2.23. The van der Waals surface area contributed by atoms with Crippen LogP contribution >= 0.6 is 0 Å². The van der Waals surface area contributed by atoms with Gasteiger partial charge in [0.1, 0.15) is 5.69 Å². The molecule has 0 aromatic carbocycles. The smallest absolute Gasteiger partial charge is 0.308 e. The van der Waals surface area contributed by atoms with Crippen LogP contribution in [0.4, 0.5) is 11.5 Å². The quantitative estimate of drug-likeness (QED) is 0.567. The number of hydrogen-bond donors (Lipinski definition) is 4. The second kappa shape index (κ2) is 4.65. The number of aromatic amines is 1. The van der Waals surface area contributed by atoms with Gasteiger partial charge in [-0.05, 0) is 13.8 Å². The van der Waals surface area contributed by atoms with Crippen LogP contribution in [0, 0.1) is 5.92 Å². The van der Waals surface area contributed by atoms with Crippen LogP contribution in [0.5, 0.6) is 0 Å². The summed E-state index contributed by atoms with van der Waals surface area (Å²) in [5.41, 5.74) is 4.99. The minimum atomic E-state index is -0.927. The van der Waals surface area contributed by atoms with E-state index in [0.717, 1.165) is 0 Å². The van der Waals surface area contributed by atoms with Crippen LogP contribution in [0.3, 0.4) is 0 Å². The summed E-state index contributed by atoms with van der Waals surface area (Å²) in [5.74, 6) is -1.34. The zero-order valence-electron chi connectivity index (χ0n) is 9.02. The Balaban J connectivity index is 2.85. The highest BCUT2D eigenvalue weighted by molar-refractivity contribution is 5.71. The summed E-state index contributed by atoms with van der Waals surface area (Å²) in [5, 5.41) is 11.6. The van der Waals surface area contributed by atoms with Gasteiger partial charge in [0, 0.05) is 6.04 Å². The van der Waals surface area contributed by atoms with Crippen molar-refractivity contribution < 1.29 is 9.90 Å². The highest BCUT2D eigenvalue weighted by Gasteiger charge is 2.20. The molecular weight excluding hydrogens is 212 g/mol. The molecule has 0 fully saturated rings. The first-order chi connectivity index (χ1) is 7.43. The van der Waals surface area contributed by atoms with Crippen molar-refractivity contribution in [2.24, 2.45) is 5.92 Å². The van der Waals surface area contributed by atoms with Gasteiger partial charge in [0.2, 0.25) is 0 Å². The summed E-state index contributed by atoms with van der Waals surface area (Å²) >= 11 is 0. The van der Waals surface area contributed by atoms with E-state index in [0.29, 0.717) is 0 Å². The van der Waals surface area contributed by atoms with Crippen LogP contribution in [-0.4, -0.2) is 27.1 Å². The van der Waals surface area contributed by atoms with E-state index in [2.05, 4.69) is 15.3 Å². The molecule has 7 nitrogen and oxygen atoms in total. The highest BCUT2D eigenvalue weighted by atomic mass is 16.4. The number of aliphatic carboxylic acids is 1.